The van der Waals surface area contributed by atoms with Gasteiger partial charge >= 0.3 is 5.97 Å². The molecule has 0 saturated carbocycles. The summed E-state index contributed by atoms with van der Waals surface area (Å²) in [7, 11) is 0. The van der Waals surface area contributed by atoms with Gasteiger partial charge in [-0.3, -0.25) is 4.79 Å². The van der Waals surface area contributed by atoms with Crippen LogP contribution in [0.1, 0.15) is 17.3 Å². The average Bonchev–Trinajstić information content (AvgIpc) is 2.28. The van der Waals surface area contributed by atoms with E-state index in [2.05, 4.69) is 26.6 Å². The number of hydrogen-bond donors (Lipinski definition) is 3. The van der Waals surface area contributed by atoms with Gasteiger partial charge in [-0.1, -0.05) is 13.0 Å². The number of carbonyl (C=O) groups excluding carboxylic acids is 1. The van der Waals surface area contributed by atoms with E-state index < -0.39 is 5.97 Å². The van der Waals surface area contributed by atoms with Crippen LogP contribution in [0, 0.1) is 0 Å². The normalized spacial score (nSPS) is 10.0. The second-order valence-electron chi connectivity index (χ2n) is 3.30. The molecule has 1 aromatic carbocycles. The van der Waals surface area contributed by atoms with Crippen molar-refractivity contribution < 1.29 is 14.7 Å². The van der Waals surface area contributed by atoms with Crippen LogP contribution in [0.15, 0.2) is 22.7 Å². The average molecular weight is 301 g/mol. The van der Waals surface area contributed by atoms with Crippen LogP contribution >= 0.6 is 15.9 Å². The quantitative estimate of drug-likeness (QED) is 0.773. The number of hydrogen-bond acceptors (Lipinski definition) is 3. The molecule has 6 heteroatoms. The van der Waals surface area contributed by atoms with Gasteiger partial charge in [0.25, 0.3) is 0 Å². The van der Waals surface area contributed by atoms with Crippen molar-refractivity contribution in [2.75, 3.05) is 18.4 Å². The van der Waals surface area contributed by atoms with E-state index in [1.54, 1.807) is 12.1 Å². The number of aromatic carboxylic acids is 1. The molecule has 0 unspecified atom stereocenters. The Labute approximate surface area is 107 Å². The molecule has 5 nitrogen and oxygen atoms in total. The van der Waals surface area contributed by atoms with Crippen LogP contribution in [-0.4, -0.2) is 30.1 Å². The van der Waals surface area contributed by atoms with Crippen molar-refractivity contribution >= 4 is 33.5 Å². The van der Waals surface area contributed by atoms with Gasteiger partial charge in [0.2, 0.25) is 5.91 Å². The zero-order valence-corrected chi connectivity index (χ0v) is 10.9. The lowest BCUT2D eigenvalue weighted by Gasteiger charge is -2.10. The second kappa shape index (κ2) is 6.36. The SMILES string of the molecule is CCNCC(=O)Nc1c(Br)cccc1C(=O)O. The second-order valence-corrected chi connectivity index (χ2v) is 4.15. The predicted molar refractivity (Wildman–Crippen MR) is 68.3 cm³/mol. The third-order valence-corrected chi connectivity index (χ3v) is 2.70. The molecular formula is C11H13BrN2O3. The number of nitrogens with one attached hydrogen (secondary N) is 2. The fraction of sp³-hybridized carbons (Fsp3) is 0.273. The molecule has 1 amide bonds. The van der Waals surface area contributed by atoms with Gasteiger partial charge in [-0.2, -0.15) is 0 Å². The number of carboxylic acids is 1. The highest BCUT2D eigenvalue weighted by Crippen LogP contribution is 2.26. The van der Waals surface area contributed by atoms with Gasteiger partial charge in [0.05, 0.1) is 17.8 Å². The monoisotopic (exact) mass is 300 g/mol. The maximum absolute atomic E-state index is 11.5. The molecule has 0 aliphatic rings. The highest BCUT2D eigenvalue weighted by Gasteiger charge is 2.14. The maximum Gasteiger partial charge on any atom is 0.337 e. The summed E-state index contributed by atoms with van der Waals surface area (Å²) < 4.78 is 0.544. The molecule has 0 spiro atoms. The molecule has 1 aromatic rings. The molecule has 1 rings (SSSR count). The Bertz CT molecular complexity index is 435. The number of anilines is 1. The molecule has 17 heavy (non-hydrogen) atoms. The third-order valence-electron chi connectivity index (χ3n) is 2.04. The lowest BCUT2D eigenvalue weighted by atomic mass is 10.2. The smallest absolute Gasteiger partial charge is 0.337 e. The van der Waals surface area contributed by atoms with Gasteiger partial charge in [-0.25, -0.2) is 4.79 Å². The number of likely N-dealkylation sites (N-methyl/N-ethyl adjacent to an activating group) is 1. The van der Waals surface area contributed by atoms with E-state index in [4.69, 9.17) is 5.11 Å². The molecule has 0 aliphatic heterocycles. The Morgan fingerprint density at radius 2 is 2.12 bits per heavy atom. The lowest BCUT2D eigenvalue weighted by molar-refractivity contribution is -0.115. The zero-order valence-electron chi connectivity index (χ0n) is 9.29. The Morgan fingerprint density at radius 3 is 2.71 bits per heavy atom. The number of rotatable bonds is 5. The van der Waals surface area contributed by atoms with E-state index in [0.717, 1.165) is 0 Å². The summed E-state index contributed by atoms with van der Waals surface area (Å²) in [6.45, 7) is 2.71. The van der Waals surface area contributed by atoms with Gasteiger partial charge in [0, 0.05) is 4.47 Å². The van der Waals surface area contributed by atoms with Crippen LogP contribution in [0.5, 0.6) is 0 Å². The Balaban J connectivity index is 2.89. The van der Waals surface area contributed by atoms with Crippen LogP contribution in [0.3, 0.4) is 0 Å². The molecular weight excluding hydrogens is 288 g/mol. The van der Waals surface area contributed by atoms with E-state index in [9.17, 15) is 9.59 Å². The van der Waals surface area contributed by atoms with Gasteiger partial charge in [-0.15, -0.1) is 0 Å². The Morgan fingerprint density at radius 1 is 1.41 bits per heavy atom. The van der Waals surface area contributed by atoms with Gasteiger partial charge in [0.15, 0.2) is 0 Å². The summed E-state index contributed by atoms with van der Waals surface area (Å²) in [5.41, 5.74) is 0.340. The van der Waals surface area contributed by atoms with E-state index in [-0.39, 0.29) is 23.7 Å². The van der Waals surface area contributed by atoms with Crippen molar-refractivity contribution in [2.45, 2.75) is 6.92 Å². The van der Waals surface area contributed by atoms with Crippen molar-refractivity contribution in [3.63, 3.8) is 0 Å². The Hall–Kier alpha value is -1.40. The lowest BCUT2D eigenvalue weighted by Crippen LogP contribution is -2.28. The van der Waals surface area contributed by atoms with Gasteiger partial charge < -0.3 is 15.7 Å². The molecule has 0 aromatic heterocycles. The van der Waals surface area contributed by atoms with Crippen LogP contribution in [0.2, 0.25) is 0 Å². The predicted octanol–water partition coefficient (Wildman–Crippen LogP) is 1.70. The van der Waals surface area contributed by atoms with Crippen molar-refractivity contribution in [1.82, 2.24) is 5.32 Å². The van der Waals surface area contributed by atoms with E-state index in [0.29, 0.717) is 11.0 Å². The molecule has 0 fully saturated rings. The number of benzene rings is 1. The van der Waals surface area contributed by atoms with Gasteiger partial charge in [-0.05, 0) is 34.6 Å². The number of carbonyl (C=O) groups is 2. The number of amides is 1. The van der Waals surface area contributed by atoms with Gasteiger partial charge in [0.1, 0.15) is 0 Å². The minimum Gasteiger partial charge on any atom is -0.478 e. The van der Waals surface area contributed by atoms with Crippen LogP contribution in [0.25, 0.3) is 0 Å². The first-order valence-electron chi connectivity index (χ1n) is 5.08. The summed E-state index contributed by atoms with van der Waals surface area (Å²) in [5.74, 6) is -1.36. The molecule has 0 saturated heterocycles. The Kier molecular flexibility index (Phi) is 5.11. The largest absolute Gasteiger partial charge is 0.478 e. The van der Waals surface area contributed by atoms with E-state index in [1.165, 1.54) is 6.07 Å². The third kappa shape index (κ3) is 3.83. The van der Waals surface area contributed by atoms with Crippen LogP contribution in [-0.2, 0) is 4.79 Å². The standard InChI is InChI=1S/C11H13BrN2O3/c1-2-13-6-9(15)14-10-7(11(16)17)4-3-5-8(10)12/h3-5,13H,2,6H2,1H3,(H,14,15)(H,16,17). The van der Waals surface area contributed by atoms with Crippen molar-refractivity contribution in [1.29, 1.82) is 0 Å². The topological polar surface area (TPSA) is 78.4 Å². The fourth-order valence-corrected chi connectivity index (χ4v) is 1.72. The van der Waals surface area contributed by atoms with Crippen molar-refractivity contribution in [3.8, 4) is 0 Å². The van der Waals surface area contributed by atoms with Crippen molar-refractivity contribution in [3.05, 3.63) is 28.2 Å². The minimum absolute atomic E-state index is 0.0595. The molecule has 0 bridgehead atoms. The first-order chi connectivity index (χ1) is 8.06. The molecule has 0 heterocycles. The molecule has 0 aliphatic carbocycles. The zero-order chi connectivity index (χ0) is 12.8. The maximum atomic E-state index is 11.5. The van der Waals surface area contributed by atoms with Crippen LogP contribution in [0.4, 0.5) is 5.69 Å². The first-order valence-corrected chi connectivity index (χ1v) is 5.88. The summed E-state index contributed by atoms with van der Waals surface area (Å²) in [6, 6.07) is 4.72. The number of carboxylic acid groups (broad SMARTS) is 1. The molecule has 0 atom stereocenters. The fourth-order valence-electron chi connectivity index (χ4n) is 1.25. The molecule has 0 radical (unpaired) electrons. The minimum atomic E-state index is -1.08. The summed E-state index contributed by atoms with van der Waals surface area (Å²) in [4.78, 5) is 22.5. The molecule has 92 valence electrons. The van der Waals surface area contributed by atoms with Crippen LogP contribution < -0.4 is 10.6 Å². The number of halogens is 1. The van der Waals surface area contributed by atoms with Crippen molar-refractivity contribution in [2.24, 2.45) is 0 Å². The summed E-state index contributed by atoms with van der Waals surface area (Å²) >= 11 is 3.21. The number of para-hydroxylation sites is 1. The highest BCUT2D eigenvalue weighted by atomic mass is 79.9. The summed E-state index contributed by atoms with van der Waals surface area (Å²) in [6.07, 6.45) is 0. The highest BCUT2D eigenvalue weighted by molar-refractivity contribution is 9.10. The first kappa shape index (κ1) is 13.7. The van der Waals surface area contributed by atoms with E-state index >= 15 is 0 Å². The molecule has 3 N–H and O–H groups in total. The van der Waals surface area contributed by atoms with E-state index in [1.807, 2.05) is 6.92 Å². The summed E-state index contributed by atoms with van der Waals surface area (Å²) in [5, 5.41) is 14.4.